The Morgan fingerprint density at radius 1 is 1.23 bits per heavy atom. The van der Waals surface area contributed by atoms with E-state index in [4.69, 9.17) is 17.5 Å². The number of para-hydroxylation sites is 1. The number of nitrogens with zero attached hydrogens (tertiary/aromatic N) is 1. The van der Waals surface area contributed by atoms with Crippen LogP contribution in [0.4, 0.5) is 0 Å². The summed E-state index contributed by atoms with van der Waals surface area (Å²) in [6.45, 7) is 1.84. The van der Waals surface area contributed by atoms with Crippen molar-refractivity contribution in [1.82, 2.24) is 9.88 Å². The van der Waals surface area contributed by atoms with E-state index < -0.39 is 10.4 Å². The molecule has 0 aliphatic carbocycles. The van der Waals surface area contributed by atoms with Crippen LogP contribution < -0.4 is 0 Å². The lowest BCUT2D eigenvalue weighted by Gasteiger charge is -2.19. The van der Waals surface area contributed by atoms with E-state index in [1.807, 2.05) is 18.2 Å². The van der Waals surface area contributed by atoms with Gasteiger partial charge in [0, 0.05) is 29.4 Å². The fraction of sp³-hybridized carbons (Fsp3) is 0.357. The third-order valence-corrected chi connectivity index (χ3v) is 3.46. The number of nitrogens with one attached hydrogen (secondary N) is 1. The molecule has 0 fully saturated rings. The maximum Gasteiger partial charge on any atom is 0.394 e. The minimum atomic E-state index is -4.67. The Labute approximate surface area is 128 Å². The number of hydrogen-bond acceptors (Lipinski definition) is 4. The number of Topliss-reactive ketones (excluding diaryl/α,β-unsaturated/α-hetero) is 1. The number of fused-ring (bicyclic) bond motifs is 3. The van der Waals surface area contributed by atoms with Crippen molar-refractivity contribution in [2.24, 2.45) is 0 Å². The van der Waals surface area contributed by atoms with Gasteiger partial charge in [0.1, 0.15) is 0 Å². The van der Waals surface area contributed by atoms with Crippen molar-refractivity contribution < 1.29 is 22.3 Å². The minimum absolute atomic E-state index is 0.254. The lowest BCUT2D eigenvalue weighted by molar-refractivity contribution is 0.0964. The summed E-state index contributed by atoms with van der Waals surface area (Å²) in [5.74, 6) is 0.254. The molecule has 0 atom stereocenters. The van der Waals surface area contributed by atoms with Crippen LogP contribution in [0.3, 0.4) is 0 Å². The van der Waals surface area contributed by atoms with Crippen LogP contribution in [-0.2, 0) is 16.9 Å². The molecule has 0 bridgehead atoms. The zero-order valence-electron chi connectivity index (χ0n) is 12.1. The lowest BCUT2D eigenvalue weighted by Crippen LogP contribution is -2.23. The number of hydrogen-bond donors (Lipinski definition) is 3. The highest BCUT2D eigenvalue weighted by molar-refractivity contribution is 7.79. The van der Waals surface area contributed by atoms with Gasteiger partial charge in [0.15, 0.2) is 5.78 Å². The third-order valence-electron chi connectivity index (χ3n) is 3.46. The maximum atomic E-state index is 12.1. The van der Waals surface area contributed by atoms with Gasteiger partial charge >= 0.3 is 10.4 Å². The van der Waals surface area contributed by atoms with Gasteiger partial charge in [-0.2, -0.15) is 8.42 Å². The van der Waals surface area contributed by atoms with Gasteiger partial charge in [-0.05, 0) is 26.1 Å². The molecule has 7 nitrogen and oxygen atoms in total. The highest BCUT2D eigenvalue weighted by Crippen LogP contribution is 2.26. The summed E-state index contributed by atoms with van der Waals surface area (Å²) in [5, 5.41) is 1.18. The maximum absolute atomic E-state index is 12.1. The van der Waals surface area contributed by atoms with Crippen molar-refractivity contribution in [2.75, 3.05) is 13.6 Å². The van der Waals surface area contributed by atoms with E-state index in [-0.39, 0.29) is 5.78 Å². The molecular weight excluding hydrogens is 308 g/mol. The first-order chi connectivity index (χ1) is 10.3. The molecule has 120 valence electrons. The molecular formula is C14H18N2O5S. The Balaban J connectivity index is 0.000000309. The van der Waals surface area contributed by atoms with Crippen LogP contribution in [0, 0.1) is 0 Å². The Morgan fingerprint density at radius 2 is 1.86 bits per heavy atom. The second-order valence-electron chi connectivity index (χ2n) is 5.24. The summed E-state index contributed by atoms with van der Waals surface area (Å²) < 4.78 is 31.6. The summed E-state index contributed by atoms with van der Waals surface area (Å²) in [6.07, 6.45) is 1.59. The van der Waals surface area contributed by atoms with E-state index in [9.17, 15) is 4.79 Å². The van der Waals surface area contributed by atoms with Gasteiger partial charge in [0.2, 0.25) is 0 Å². The normalized spacial score (nSPS) is 16.4. The molecule has 2 heterocycles. The quantitative estimate of drug-likeness (QED) is 0.638. The molecule has 1 aromatic heterocycles. The van der Waals surface area contributed by atoms with Gasteiger partial charge in [-0.1, -0.05) is 18.2 Å². The molecule has 8 heteroatoms. The number of benzene rings is 1. The highest BCUT2D eigenvalue weighted by atomic mass is 32.3. The minimum Gasteiger partial charge on any atom is -0.352 e. The summed E-state index contributed by atoms with van der Waals surface area (Å²) in [6, 6.07) is 8.15. The molecule has 0 saturated carbocycles. The first-order valence-electron chi connectivity index (χ1n) is 6.77. The Hall–Kier alpha value is -1.74. The van der Waals surface area contributed by atoms with Crippen LogP contribution in [0.25, 0.3) is 10.9 Å². The van der Waals surface area contributed by atoms with Crippen molar-refractivity contribution >= 4 is 27.1 Å². The van der Waals surface area contributed by atoms with E-state index >= 15 is 0 Å². The number of ketones is 1. The summed E-state index contributed by atoms with van der Waals surface area (Å²) in [5.41, 5.74) is 3.05. The van der Waals surface area contributed by atoms with Crippen molar-refractivity contribution in [3.63, 3.8) is 0 Å². The third kappa shape index (κ3) is 4.38. The molecule has 1 aliphatic heterocycles. The smallest absolute Gasteiger partial charge is 0.352 e. The van der Waals surface area contributed by atoms with E-state index in [2.05, 4.69) is 23.0 Å². The van der Waals surface area contributed by atoms with Gasteiger partial charge in [0.05, 0.1) is 5.69 Å². The SMILES string of the molecule is CN1CCCC(=O)c2[nH]c3ccccc3c2C1.O=S(=O)(O)O. The fourth-order valence-electron chi connectivity index (χ4n) is 2.59. The molecule has 0 unspecified atom stereocenters. The predicted molar refractivity (Wildman–Crippen MR) is 82.4 cm³/mol. The van der Waals surface area contributed by atoms with Crippen LogP contribution in [0.5, 0.6) is 0 Å². The number of rotatable bonds is 0. The second kappa shape index (κ2) is 6.57. The zero-order chi connectivity index (χ0) is 16.3. The van der Waals surface area contributed by atoms with E-state index in [1.54, 1.807) is 0 Å². The Morgan fingerprint density at radius 3 is 2.55 bits per heavy atom. The summed E-state index contributed by atoms with van der Waals surface area (Å²) >= 11 is 0. The number of aromatic nitrogens is 1. The fourth-order valence-corrected chi connectivity index (χ4v) is 2.59. The molecule has 2 aromatic rings. The van der Waals surface area contributed by atoms with Crippen molar-refractivity contribution in [1.29, 1.82) is 0 Å². The predicted octanol–water partition coefficient (Wildman–Crippen LogP) is 1.92. The number of aromatic amines is 1. The number of carbonyl (C=O) groups is 1. The van der Waals surface area contributed by atoms with Crippen molar-refractivity contribution in [2.45, 2.75) is 19.4 Å². The highest BCUT2D eigenvalue weighted by Gasteiger charge is 2.20. The average molecular weight is 326 g/mol. The molecule has 22 heavy (non-hydrogen) atoms. The van der Waals surface area contributed by atoms with Gasteiger partial charge in [0.25, 0.3) is 0 Å². The van der Waals surface area contributed by atoms with E-state index in [1.165, 1.54) is 5.39 Å². The van der Waals surface area contributed by atoms with Crippen LogP contribution >= 0.6 is 0 Å². The van der Waals surface area contributed by atoms with Crippen LogP contribution in [0.1, 0.15) is 28.9 Å². The van der Waals surface area contributed by atoms with Gasteiger partial charge in [-0.25, -0.2) is 0 Å². The van der Waals surface area contributed by atoms with E-state index in [0.717, 1.165) is 36.3 Å². The monoisotopic (exact) mass is 326 g/mol. The van der Waals surface area contributed by atoms with Gasteiger partial charge < -0.3 is 9.88 Å². The molecule has 1 aromatic carbocycles. The average Bonchev–Trinajstić information content (AvgIpc) is 2.74. The molecule has 0 saturated heterocycles. The standard InChI is InChI=1S/C14H16N2O.H2O4S/c1-16-8-4-7-13(17)14-11(9-16)10-5-2-3-6-12(10)15-14;1-5(2,3)4/h2-3,5-6,15H,4,7-9H2,1H3;(H2,1,2,3,4). The van der Waals surface area contributed by atoms with Gasteiger partial charge in [-0.15, -0.1) is 0 Å². The molecule has 3 rings (SSSR count). The van der Waals surface area contributed by atoms with Crippen LogP contribution in [0.2, 0.25) is 0 Å². The number of H-pyrrole nitrogens is 1. The lowest BCUT2D eigenvalue weighted by atomic mass is 10.0. The molecule has 3 N–H and O–H groups in total. The Kier molecular flexibility index (Phi) is 4.97. The Bertz CT molecular complexity index is 774. The molecule has 0 spiro atoms. The second-order valence-corrected chi connectivity index (χ2v) is 6.13. The first-order valence-corrected chi connectivity index (χ1v) is 8.16. The van der Waals surface area contributed by atoms with Crippen molar-refractivity contribution in [3.8, 4) is 0 Å². The molecule has 0 amide bonds. The summed E-state index contributed by atoms with van der Waals surface area (Å²) in [7, 11) is -2.55. The van der Waals surface area contributed by atoms with Crippen LogP contribution in [-0.4, -0.2) is 46.8 Å². The largest absolute Gasteiger partial charge is 0.394 e. The zero-order valence-corrected chi connectivity index (χ0v) is 12.9. The molecule has 1 aliphatic rings. The van der Waals surface area contributed by atoms with E-state index in [0.29, 0.717) is 6.42 Å². The topological polar surface area (TPSA) is 111 Å². The van der Waals surface area contributed by atoms with Crippen LogP contribution in [0.15, 0.2) is 24.3 Å². The van der Waals surface area contributed by atoms with Crippen molar-refractivity contribution in [3.05, 3.63) is 35.5 Å². The number of carbonyl (C=O) groups excluding carboxylic acids is 1. The first kappa shape index (κ1) is 16.6. The summed E-state index contributed by atoms with van der Waals surface area (Å²) in [4.78, 5) is 17.6. The van der Waals surface area contributed by atoms with Gasteiger partial charge in [-0.3, -0.25) is 13.9 Å². The molecule has 0 radical (unpaired) electrons.